The van der Waals surface area contributed by atoms with E-state index in [1.54, 1.807) is 11.1 Å². The van der Waals surface area contributed by atoms with Gasteiger partial charge in [-0.1, -0.05) is 50.2 Å². The molecule has 0 saturated carbocycles. The Morgan fingerprint density at radius 2 is 2.00 bits per heavy atom. The molecule has 1 fully saturated rings. The van der Waals surface area contributed by atoms with Crippen LogP contribution in [0.2, 0.25) is 0 Å². The monoisotopic (exact) mass is 376 g/mol. The molecule has 0 radical (unpaired) electrons. The zero-order valence-corrected chi connectivity index (χ0v) is 16.1. The van der Waals surface area contributed by atoms with Gasteiger partial charge in [-0.2, -0.15) is 0 Å². The topological polar surface area (TPSA) is 67.2 Å². The molecule has 6 heteroatoms. The molecule has 6 nitrogen and oxygen atoms in total. The van der Waals surface area contributed by atoms with Crippen molar-refractivity contribution in [2.24, 2.45) is 11.8 Å². The van der Waals surface area contributed by atoms with Gasteiger partial charge in [0.25, 0.3) is 0 Å². The number of carbonyl (C=O) groups is 2. The number of fused-ring (bicyclic) bond motifs is 1. The fourth-order valence-corrected chi connectivity index (χ4v) is 3.75. The Balaban J connectivity index is 1.52. The minimum Gasteiger partial charge on any atom is -0.317 e. The van der Waals surface area contributed by atoms with Crippen LogP contribution in [0.15, 0.2) is 54.9 Å². The summed E-state index contributed by atoms with van der Waals surface area (Å²) in [6.45, 7) is 5.39. The lowest BCUT2D eigenvalue weighted by molar-refractivity contribution is -0.122. The lowest BCUT2D eigenvalue weighted by Crippen LogP contribution is -2.29. The van der Waals surface area contributed by atoms with E-state index in [4.69, 9.17) is 0 Å². The third-order valence-corrected chi connectivity index (χ3v) is 5.07. The van der Waals surface area contributed by atoms with Crippen molar-refractivity contribution < 1.29 is 9.59 Å². The van der Waals surface area contributed by atoms with Crippen LogP contribution in [0.4, 0.5) is 11.6 Å². The van der Waals surface area contributed by atoms with Crippen molar-refractivity contribution in [2.45, 2.75) is 26.8 Å². The quantitative estimate of drug-likeness (QED) is 0.739. The molecule has 1 atom stereocenters. The van der Waals surface area contributed by atoms with Crippen LogP contribution < -0.4 is 10.2 Å². The SMILES string of the molecule is CC(C)Cn1ccnc1NC(=O)[C@@H]1CC(=O)N(c2cccc3ccccc23)C1. The van der Waals surface area contributed by atoms with Gasteiger partial charge in [0.15, 0.2) is 0 Å². The van der Waals surface area contributed by atoms with E-state index in [1.807, 2.05) is 53.2 Å². The van der Waals surface area contributed by atoms with Crippen molar-refractivity contribution in [1.82, 2.24) is 9.55 Å². The van der Waals surface area contributed by atoms with Crippen molar-refractivity contribution in [1.29, 1.82) is 0 Å². The molecular formula is C22H24N4O2. The Morgan fingerprint density at radius 1 is 1.21 bits per heavy atom. The van der Waals surface area contributed by atoms with E-state index in [2.05, 4.69) is 24.1 Å². The van der Waals surface area contributed by atoms with Gasteiger partial charge in [0.1, 0.15) is 0 Å². The van der Waals surface area contributed by atoms with Crippen molar-refractivity contribution >= 4 is 34.2 Å². The molecular weight excluding hydrogens is 352 g/mol. The molecule has 1 N–H and O–H groups in total. The molecule has 0 spiro atoms. The molecule has 0 aliphatic carbocycles. The van der Waals surface area contributed by atoms with Gasteiger partial charge in [0, 0.05) is 37.3 Å². The second-order valence-electron chi connectivity index (χ2n) is 7.69. The summed E-state index contributed by atoms with van der Waals surface area (Å²) in [5.74, 6) is 0.402. The van der Waals surface area contributed by atoms with Gasteiger partial charge in [-0.05, 0) is 17.4 Å². The molecule has 144 valence electrons. The first kappa shape index (κ1) is 18.2. The molecule has 2 heterocycles. The molecule has 0 bridgehead atoms. The smallest absolute Gasteiger partial charge is 0.232 e. The Hall–Kier alpha value is -3.15. The van der Waals surface area contributed by atoms with Crippen LogP contribution in [0, 0.1) is 11.8 Å². The number of rotatable bonds is 5. The van der Waals surface area contributed by atoms with Crippen LogP contribution in [0.3, 0.4) is 0 Å². The van der Waals surface area contributed by atoms with Crippen molar-refractivity contribution in [2.75, 3.05) is 16.8 Å². The number of aromatic nitrogens is 2. The summed E-state index contributed by atoms with van der Waals surface area (Å²) in [6.07, 6.45) is 3.75. The Morgan fingerprint density at radius 3 is 2.82 bits per heavy atom. The highest BCUT2D eigenvalue weighted by molar-refractivity contribution is 6.08. The maximum Gasteiger partial charge on any atom is 0.232 e. The largest absolute Gasteiger partial charge is 0.317 e. The van der Waals surface area contributed by atoms with Gasteiger partial charge in [0.2, 0.25) is 17.8 Å². The minimum atomic E-state index is -0.393. The summed E-state index contributed by atoms with van der Waals surface area (Å²) in [4.78, 5) is 31.4. The van der Waals surface area contributed by atoms with Crippen LogP contribution >= 0.6 is 0 Å². The fourth-order valence-electron chi connectivity index (χ4n) is 3.75. The van der Waals surface area contributed by atoms with E-state index in [1.165, 1.54) is 0 Å². The minimum absolute atomic E-state index is 0.0259. The Kier molecular flexibility index (Phi) is 4.86. The standard InChI is InChI=1S/C22H24N4O2/c1-15(2)13-25-11-10-23-22(25)24-21(28)17-12-20(27)26(14-17)19-9-5-7-16-6-3-4-8-18(16)19/h3-11,15,17H,12-14H2,1-2H3,(H,23,24,28)/t17-/m1/s1. The Bertz CT molecular complexity index is 1020. The summed E-state index contributed by atoms with van der Waals surface area (Å²) >= 11 is 0. The Labute approximate surface area is 164 Å². The van der Waals surface area contributed by atoms with Gasteiger partial charge in [0.05, 0.1) is 11.6 Å². The van der Waals surface area contributed by atoms with Crippen LogP contribution in [0.1, 0.15) is 20.3 Å². The van der Waals surface area contributed by atoms with Crippen molar-refractivity contribution in [3.8, 4) is 0 Å². The highest BCUT2D eigenvalue weighted by atomic mass is 16.2. The highest BCUT2D eigenvalue weighted by Crippen LogP contribution is 2.32. The zero-order chi connectivity index (χ0) is 19.7. The number of benzene rings is 2. The normalized spacial score (nSPS) is 16.9. The van der Waals surface area contributed by atoms with Gasteiger partial charge in [-0.25, -0.2) is 4.98 Å². The summed E-state index contributed by atoms with van der Waals surface area (Å²) in [5.41, 5.74) is 0.861. The molecule has 4 rings (SSSR count). The lowest BCUT2D eigenvalue weighted by Gasteiger charge is -2.19. The van der Waals surface area contributed by atoms with Gasteiger partial charge in [-0.3, -0.25) is 14.9 Å². The van der Waals surface area contributed by atoms with Gasteiger partial charge >= 0.3 is 0 Å². The molecule has 3 aromatic rings. The van der Waals surface area contributed by atoms with E-state index >= 15 is 0 Å². The van der Waals surface area contributed by atoms with Crippen LogP contribution in [-0.4, -0.2) is 27.9 Å². The highest BCUT2D eigenvalue weighted by Gasteiger charge is 2.36. The molecule has 2 aromatic carbocycles. The van der Waals surface area contributed by atoms with Crippen molar-refractivity contribution in [3.05, 3.63) is 54.9 Å². The van der Waals surface area contributed by atoms with E-state index in [-0.39, 0.29) is 18.2 Å². The first-order valence-corrected chi connectivity index (χ1v) is 9.63. The van der Waals surface area contributed by atoms with Crippen LogP contribution in [0.25, 0.3) is 10.8 Å². The summed E-state index contributed by atoms with van der Waals surface area (Å²) in [6, 6.07) is 13.9. The molecule has 28 heavy (non-hydrogen) atoms. The third-order valence-electron chi connectivity index (χ3n) is 5.07. The molecule has 1 aliphatic rings. The fraction of sp³-hybridized carbons (Fsp3) is 0.318. The maximum atomic E-state index is 12.8. The van der Waals surface area contributed by atoms with Crippen LogP contribution in [-0.2, 0) is 16.1 Å². The average molecular weight is 376 g/mol. The van der Waals surface area contributed by atoms with E-state index < -0.39 is 5.92 Å². The third kappa shape index (κ3) is 3.50. The first-order valence-electron chi connectivity index (χ1n) is 9.63. The average Bonchev–Trinajstić information content (AvgIpc) is 3.27. The van der Waals surface area contributed by atoms with E-state index in [0.29, 0.717) is 18.4 Å². The molecule has 1 aromatic heterocycles. The maximum absolute atomic E-state index is 12.8. The van der Waals surface area contributed by atoms with E-state index in [0.717, 1.165) is 23.0 Å². The lowest BCUT2D eigenvalue weighted by atomic mass is 10.1. The number of imidazole rings is 1. The number of nitrogens with zero attached hydrogens (tertiary/aromatic N) is 3. The number of nitrogens with one attached hydrogen (secondary N) is 1. The van der Waals surface area contributed by atoms with E-state index in [9.17, 15) is 9.59 Å². The number of hydrogen-bond donors (Lipinski definition) is 1. The summed E-state index contributed by atoms with van der Waals surface area (Å²) < 4.78 is 1.93. The predicted molar refractivity (Wildman–Crippen MR) is 110 cm³/mol. The number of hydrogen-bond acceptors (Lipinski definition) is 3. The molecule has 1 saturated heterocycles. The molecule has 1 aliphatic heterocycles. The first-order chi connectivity index (χ1) is 13.5. The number of anilines is 2. The van der Waals surface area contributed by atoms with Gasteiger partial charge in [-0.15, -0.1) is 0 Å². The number of carbonyl (C=O) groups excluding carboxylic acids is 2. The molecule has 0 unspecified atom stereocenters. The van der Waals surface area contributed by atoms with Gasteiger partial charge < -0.3 is 9.47 Å². The summed E-state index contributed by atoms with van der Waals surface area (Å²) in [5, 5.41) is 5.00. The second kappa shape index (κ2) is 7.46. The second-order valence-corrected chi connectivity index (χ2v) is 7.69. The van der Waals surface area contributed by atoms with Crippen LogP contribution in [0.5, 0.6) is 0 Å². The summed E-state index contributed by atoms with van der Waals surface area (Å²) in [7, 11) is 0. The zero-order valence-electron chi connectivity index (χ0n) is 16.1. The number of amides is 2. The molecule has 2 amide bonds. The van der Waals surface area contributed by atoms with Crippen molar-refractivity contribution in [3.63, 3.8) is 0 Å². The predicted octanol–water partition coefficient (Wildman–Crippen LogP) is 3.68.